The van der Waals surface area contributed by atoms with Gasteiger partial charge in [0.2, 0.25) is 0 Å². The molecule has 0 N–H and O–H groups in total. The molecule has 5 heteroatoms. The Morgan fingerprint density at radius 2 is 1.75 bits per heavy atom. The number of carbonyl (C=O) groups excluding carboxylic acids is 1. The maximum atomic E-state index is 12.8. The molecule has 5 nitrogen and oxygen atoms in total. The number of benzene rings is 1. The summed E-state index contributed by atoms with van der Waals surface area (Å²) < 4.78 is 0. The summed E-state index contributed by atoms with van der Waals surface area (Å²) in [7, 11) is 0. The molecule has 4 fully saturated rings. The maximum absolute atomic E-state index is 12.8. The minimum Gasteiger partial charge on any atom is -0.333 e. The van der Waals surface area contributed by atoms with E-state index in [2.05, 4.69) is 0 Å². The SMILES string of the molecule is O=C1c2cccc([N+](=O)[O-])c2CN1CC12CC3CC(CC(C3)C1)C2. The third kappa shape index (κ3) is 2.03. The number of hydrogen-bond donors (Lipinski definition) is 0. The fourth-order valence-corrected chi connectivity index (χ4v) is 6.56. The van der Waals surface area contributed by atoms with E-state index in [1.807, 2.05) is 4.90 Å². The van der Waals surface area contributed by atoms with E-state index in [1.165, 1.54) is 44.6 Å². The molecule has 0 unspecified atom stereocenters. The lowest BCUT2D eigenvalue weighted by Gasteiger charge is -2.57. The van der Waals surface area contributed by atoms with Crippen LogP contribution in [0, 0.1) is 33.3 Å². The number of amides is 1. The number of nitrogens with zero attached hydrogens (tertiary/aromatic N) is 2. The minimum atomic E-state index is -0.361. The number of nitro benzene ring substituents is 1. The molecular formula is C19H22N2O3. The quantitative estimate of drug-likeness (QED) is 0.627. The van der Waals surface area contributed by atoms with Gasteiger partial charge in [-0.05, 0) is 67.8 Å². The Morgan fingerprint density at radius 1 is 1.12 bits per heavy atom. The van der Waals surface area contributed by atoms with Crippen LogP contribution in [0.1, 0.15) is 54.4 Å². The van der Waals surface area contributed by atoms with E-state index in [1.54, 1.807) is 12.1 Å². The number of nitro groups is 1. The molecule has 1 aromatic carbocycles. The molecule has 1 heterocycles. The zero-order chi connectivity index (χ0) is 16.5. The molecule has 4 aliphatic carbocycles. The van der Waals surface area contributed by atoms with Crippen molar-refractivity contribution in [3.8, 4) is 0 Å². The third-order valence-electron chi connectivity index (χ3n) is 6.91. The van der Waals surface area contributed by atoms with Gasteiger partial charge in [-0.15, -0.1) is 0 Å². The van der Waals surface area contributed by atoms with E-state index in [9.17, 15) is 14.9 Å². The van der Waals surface area contributed by atoms with Crippen LogP contribution in [0.2, 0.25) is 0 Å². The van der Waals surface area contributed by atoms with E-state index in [-0.39, 0.29) is 21.9 Å². The van der Waals surface area contributed by atoms with E-state index in [0.717, 1.165) is 24.3 Å². The fourth-order valence-electron chi connectivity index (χ4n) is 6.56. The summed E-state index contributed by atoms with van der Waals surface area (Å²) in [5, 5.41) is 11.3. The van der Waals surface area contributed by atoms with Crippen LogP contribution < -0.4 is 0 Å². The van der Waals surface area contributed by atoms with Crippen LogP contribution in [-0.2, 0) is 6.54 Å². The van der Waals surface area contributed by atoms with E-state index in [4.69, 9.17) is 0 Å². The van der Waals surface area contributed by atoms with Gasteiger partial charge in [0, 0.05) is 12.6 Å². The Kier molecular flexibility index (Phi) is 2.89. The Labute approximate surface area is 141 Å². The zero-order valence-electron chi connectivity index (χ0n) is 13.7. The average Bonchev–Trinajstić information content (AvgIpc) is 2.81. The molecule has 1 aliphatic heterocycles. The van der Waals surface area contributed by atoms with Crippen LogP contribution in [0.25, 0.3) is 0 Å². The largest absolute Gasteiger partial charge is 0.333 e. The molecule has 4 bridgehead atoms. The second-order valence-electron chi connectivity index (χ2n) is 8.64. The summed E-state index contributed by atoms with van der Waals surface area (Å²) in [6.45, 7) is 1.20. The standard InChI is InChI=1S/C19H22N2O3/c22-18-15-2-1-3-17(21(23)24)16(15)10-20(18)11-19-7-12-4-13(8-19)6-14(5-12)9-19/h1-3,12-14H,4-11H2. The summed E-state index contributed by atoms with van der Waals surface area (Å²) in [5.41, 5.74) is 1.52. The van der Waals surface area contributed by atoms with Crippen molar-refractivity contribution in [3.63, 3.8) is 0 Å². The van der Waals surface area contributed by atoms with Crippen LogP contribution >= 0.6 is 0 Å². The highest BCUT2D eigenvalue weighted by Gasteiger charge is 2.52. The van der Waals surface area contributed by atoms with Crippen LogP contribution in [0.3, 0.4) is 0 Å². The molecule has 0 aromatic heterocycles. The monoisotopic (exact) mass is 326 g/mol. The molecule has 0 spiro atoms. The molecule has 4 saturated carbocycles. The van der Waals surface area contributed by atoms with Gasteiger partial charge in [-0.3, -0.25) is 14.9 Å². The van der Waals surface area contributed by atoms with Gasteiger partial charge in [0.15, 0.2) is 0 Å². The summed E-state index contributed by atoms with van der Waals surface area (Å²) in [6, 6.07) is 4.88. The second-order valence-corrected chi connectivity index (χ2v) is 8.64. The second kappa shape index (κ2) is 4.80. The first-order chi connectivity index (χ1) is 11.5. The topological polar surface area (TPSA) is 63.4 Å². The molecule has 5 aliphatic rings. The van der Waals surface area contributed by atoms with Gasteiger partial charge in [-0.1, -0.05) is 6.07 Å². The summed E-state index contributed by atoms with van der Waals surface area (Å²) in [4.78, 5) is 25.6. The fraction of sp³-hybridized carbons (Fsp3) is 0.632. The molecule has 0 saturated heterocycles. The van der Waals surface area contributed by atoms with Crippen LogP contribution in [-0.4, -0.2) is 22.3 Å². The first-order valence-electron chi connectivity index (χ1n) is 9.08. The first kappa shape index (κ1) is 14.4. The maximum Gasteiger partial charge on any atom is 0.275 e. The molecule has 0 radical (unpaired) electrons. The lowest BCUT2D eigenvalue weighted by Crippen LogP contribution is -2.51. The van der Waals surface area contributed by atoms with Crippen molar-refractivity contribution in [2.24, 2.45) is 23.2 Å². The molecule has 1 amide bonds. The first-order valence-corrected chi connectivity index (χ1v) is 9.08. The molecule has 126 valence electrons. The average molecular weight is 326 g/mol. The Hall–Kier alpha value is -1.91. The lowest BCUT2D eigenvalue weighted by molar-refractivity contribution is -0.385. The van der Waals surface area contributed by atoms with Crippen molar-refractivity contribution < 1.29 is 9.72 Å². The Bertz CT molecular complexity index is 707. The van der Waals surface area contributed by atoms with Crippen LogP contribution in [0.4, 0.5) is 5.69 Å². The van der Waals surface area contributed by atoms with E-state index in [0.29, 0.717) is 17.7 Å². The Morgan fingerprint density at radius 3 is 2.33 bits per heavy atom. The van der Waals surface area contributed by atoms with E-state index < -0.39 is 0 Å². The molecule has 1 aromatic rings. The van der Waals surface area contributed by atoms with Gasteiger partial charge in [0.05, 0.1) is 22.6 Å². The highest BCUT2D eigenvalue weighted by Crippen LogP contribution is 2.60. The van der Waals surface area contributed by atoms with Crippen molar-refractivity contribution >= 4 is 11.6 Å². The van der Waals surface area contributed by atoms with Gasteiger partial charge < -0.3 is 4.90 Å². The number of fused-ring (bicyclic) bond motifs is 1. The van der Waals surface area contributed by atoms with Gasteiger partial charge in [-0.25, -0.2) is 0 Å². The van der Waals surface area contributed by atoms with Crippen molar-refractivity contribution in [3.05, 3.63) is 39.4 Å². The van der Waals surface area contributed by atoms with Gasteiger partial charge >= 0.3 is 0 Å². The lowest BCUT2D eigenvalue weighted by atomic mass is 9.49. The smallest absolute Gasteiger partial charge is 0.275 e. The van der Waals surface area contributed by atoms with Gasteiger partial charge in [0.1, 0.15) is 0 Å². The molecule has 6 rings (SSSR count). The van der Waals surface area contributed by atoms with Crippen molar-refractivity contribution in [1.82, 2.24) is 4.90 Å². The Balaban J connectivity index is 1.42. The van der Waals surface area contributed by atoms with Crippen LogP contribution in [0.5, 0.6) is 0 Å². The minimum absolute atomic E-state index is 0.00977. The predicted octanol–water partition coefficient (Wildman–Crippen LogP) is 3.77. The summed E-state index contributed by atoms with van der Waals surface area (Å²) in [6.07, 6.45) is 7.92. The third-order valence-corrected chi connectivity index (χ3v) is 6.91. The van der Waals surface area contributed by atoms with Crippen molar-refractivity contribution in [2.45, 2.75) is 45.1 Å². The summed E-state index contributed by atoms with van der Waals surface area (Å²) in [5.74, 6) is 2.55. The van der Waals surface area contributed by atoms with Crippen molar-refractivity contribution in [2.75, 3.05) is 6.54 Å². The van der Waals surface area contributed by atoms with Crippen LogP contribution in [0.15, 0.2) is 18.2 Å². The normalized spacial score (nSPS) is 36.2. The number of rotatable bonds is 3. The van der Waals surface area contributed by atoms with Gasteiger partial charge in [-0.2, -0.15) is 0 Å². The predicted molar refractivity (Wildman–Crippen MR) is 88.4 cm³/mol. The molecule has 24 heavy (non-hydrogen) atoms. The highest BCUT2D eigenvalue weighted by atomic mass is 16.6. The van der Waals surface area contributed by atoms with Gasteiger partial charge in [0.25, 0.3) is 11.6 Å². The van der Waals surface area contributed by atoms with Crippen molar-refractivity contribution in [1.29, 1.82) is 0 Å². The van der Waals surface area contributed by atoms with E-state index >= 15 is 0 Å². The zero-order valence-corrected chi connectivity index (χ0v) is 13.7. The highest BCUT2D eigenvalue weighted by molar-refractivity contribution is 5.99. The molecular weight excluding hydrogens is 304 g/mol. The summed E-state index contributed by atoms with van der Waals surface area (Å²) >= 11 is 0. The number of hydrogen-bond acceptors (Lipinski definition) is 3. The molecule has 0 atom stereocenters. The number of carbonyl (C=O) groups is 1.